The van der Waals surface area contributed by atoms with Crippen LogP contribution in [0.25, 0.3) is 0 Å². The quantitative estimate of drug-likeness (QED) is 0.720. The molecule has 25 heavy (non-hydrogen) atoms. The van der Waals surface area contributed by atoms with Gasteiger partial charge in [-0.1, -0.05) is 18.2 Å². The van der Waals surface area contributed by atoms with Gasteiger partial charge < -0.3 is 14.8 Å². The molecule has 2 atom stereocenters. The summed E-state index contributed by atoms with van der Waals surface area (Å²) in [5.41, 5.74) is 0.968. The molecule has 1 amide bonds. The van der Waals surface area contributed by atoms with Crippen LogP contribution < -0.4 is 10.1 Å². The van der Waals surface area contributed by atoms with E-state index in [1.165, 1.54) is 6.92 Å². The minimum absolute atomic E-state index is 0.0176. The van der Waals surface area contributed by atoms with Gasteiger partial charge >= 0.3 is 5.97 Å². The van der Waals surface area contributed by atoms with Crippen LogP contribution in [0, 0.1) is 6.92 Å². The van der Waals surface area contributed by atoms with Crippen LogP contribution in [0.3, 0.4) is 0 Å². The van der Waals surface area contributed by atoms with Crippen molar-refractivity contribution in [2.45, 2.75) is 38.8 Å². The number of nitrogens with one attached hydrogen (secondary N) is 1. The highest BCUT2D eigenvalue weighted by atomic mass is 32.2. The number of aryl methyl sites for hydroxylation is 1. The number of para-hydroxylation sites is 1. The van der Waals surface area contributed by atoms with E-state index in [1.807, 2.05) is 31.2 Å². The predicted octanol–water partition coefficient (Wildman–Crippen LogP) is 0.999. The Balaban J connectivity index is 1.70. The number of ether oxygens (including phenoxy) is 2. The van der Waals surface area contributed by atoms with Gasteiger partial charge in [0.2, 0.25) is 0 Å². The van der Waals surface area contributed by atoms with Crippen LogP contribution in [-0.4, -0.2) is 50.6 Å². The van der Waals surface area contributed by atoms with Gasteiger partial charge in [0.1, 0.15) is 5.75 Å². The number of carbonyl (C=O) groups excluding carboxylic acids is 2. The second kappa shape index (κ2) is 8.33. The zero-order chi connectivity index (χ0) is 18.4. The summed E-state index contributed by atoms with van der Waals surface area (Å²) in [6.07, 6.45) is -0.572. The van der Waals surface area contributed by atoms with Crippen molar-refractivity contribution in [1.29, 1.82) is 0 Å². The lowest BCUT2D eigenvalue weighted by atomic mass is 10.2. The molecule has 0 bridgehead atoms. The Bertz CT molecular complexity index is 730. The number of benzene rings is 1. The van der Waals surface area contributed by atoms with Gasteiger partial charge in [0, 0.05) is 6.04 Å². The minimum atomic E-state index is -3.07. The Hall–Kier alpha value is -2.09. The monoisotopic (exact) mass is 369 g/mol. The smallest absolute Gasteiger partial charge is 0.310 e. The molecule has 0 spiro atoms. The number of carbonyl (C=O) groups is 2. The molecule has 0 aromatic heterocycles. The summed E-state index contributed by atoms with van der Waals surface area (Å²) < 4.78 is 33.3. The summed E-state index contributed by atoms with van der Waals surface area (Å²) >= 11 is 0. The van der Waals surface area contributed by atoms with Crippen LogP contribution in [0.2, 0.25) is 0 Å². The van der Waals surface area contributed by atoms with Gasteiger partial charge in [0.25, 0.3) is 5.91 Å². The van der Waals surface area contributed by atoms with Gasteiger partial charge in [-0.15, -0.1) is 0 Å². The summed E-state index contributed by atoms with van der Waals surface area (Å²) in [7, 11) is -3.07. The first-order valence-electron chi connectivity index (χ1n) is 8.15. The van der Waals surface area contributed by atoms with E-state index in [9.17, 15) is 18.0 Å². The Labute approximate surface area is 147 Å². The molecule has 1 aromatic carbocycles. The molecule has 0 unspecified atom stereocenters. The van der Waals surface area contributed by atoms with Crippen LogP contribution in [0.1, 0.15) is 25.3 Å². The zero-order valence-electron chi connectivity index (χ0n) is 14.4. The molecule has 138 valence electrons. The maximum Gasteiger partial charge on any atom is 0.310 e. The topological polar surface area (TPSA) is 98.8 Å². The van der Waals surface area contributed by atoms with E-state index >= 15 is 0 Å². The Morgan fingerprint density at radius 3 is 2.68 bits per heavy atom. The van der Waals surface area contributed by atoms with Crippen molar-refractivity contribution < 1.29 is 27.5 Å². The number of amides is 1. The first kappa shape index (κ1) is 19.2. The van der Waals surface area contributed by atoms with Gasteiger partial charge in [-0.05, 0) is 31.9 Å². The molecule has 1 N–H and O–H groups in total. The fraction of sp³-hybridized carbons (Fsp3) is 0.529. The molecular weight excluding hydrogens is 346 g/mol. The van der Waals surface area contributed by atoms with Crippen molar-refractivity contribution in [2.75, 3.05) is 18.1 Å². The standard InChI is InChI=1S/C17H23NO6S/c1-12-5-3-4-6-15(12)23-9-7-16(19)24-13(2)17(20)18-14-8-10-25(21,22)11-14/h3-6,13-14H,7-11H2,1-2H3,(H,18,20)/t13-,14+/m0/s1. The average molecular weight is 369 g/mol. The van der Waals surface area contributed by atoms with Crippen LogP contribution in [0.5, 0.6) is 5.75 Å². The van der Waals surface area contributed by atoms with E-state index in [-0.39, 0.29) is 24.5 Å². The van der Waals surface area contributed by atoms with E-state index in [4.69, 9.17) is 9.47 Å². The highest BCUT2D eigenvalue weighted by Crippen LogP contribution is 2.16. The normalized spacial score (nSPS) is 19.8. The number of rotatable bonds is 7. The molecule has 0 aliphatic carbocycles. The van der Waals surface area contributed by atoms with Gasteiger partial charge in [0.05, 0.1) is 24.5 Å². The largest absolute Gasteiger partial charge is 0.493 e. The molecule has 1 aliphatic rings. The fourth-order valence-corrected chi connectivity index (χ4v) is 4.17. The second-order valence-electron chi connectivity index (χ2n) is 6.10. The number of hydrogen-bond acceptors (Lipinski definition) is 6. The Kier molecular flexibility index (Phi) is 6.41. The van der Waals surface area contributed by atoms with Gasteiger partial charge in [-0.25, -0.2) is 8.42 Å². The lowest BCUT2D eigenvalue weighted by molar-refractivity contribution is -0.155. The van der Waals surface area contributed by atoms with Gasteiger partial charge in [0.15, 0.2) is 15.9 Å². The molecule has 1 aromatic rings. The molecule has 1 saturated heterocycles. The summed E-state index contributed by atoms with van der Waals surface area (Å²) in [6.45, 7) is 3.51. The molecule has 0 saturated carbocycles. The third-order valence-corrected chi connectivity index (χ3v) is 5.68. The maximum atomic E-state index is 12.0. The zero-order valence-corrected chi connectivity index (χ0v) is 15.2. The van der Waals surface area contributed by atoms with E-state index in [1.54, 1.807) is 0 Å². The fourth-order valence-electron chi connectivity index (χ4n) is 2.50. The van der Waals surface area contributed by atoms with Crippen LogP contribution >= 0.6 is 0 Å². The minimum Gasteiger partial charge on any atom is -0.493 e. The van der Waals surface area contributed by atoms with E-state index in [0.29, 0.717) is 12.2 Å². The van der Waals surface area contributed by atoms with Crippen molar-refractivity contribution in [2.24, 2.45) is 0 Å². The first-order valence-corrected chi connectivity index (χ1v) is 9.98. The average Bonchev–Trinajstić information content (AvgIpc) is 2.87. The summed E-state index contributed by atoms with van der Waals surface area (Å²) in [5, 5.41) is 2.60. The van der Waals surface area contributed by atoms with E-state index in [2.05, 4.69) is 5.32 Å². The third kappa shape index (κ3) is 6.04. The first-order chi connectivity index (χ1) is 11.8. The number of esters is 1. The summed E-state index contributed by atoms with van der Waals surface area (Å²) in [4.78, 5) is 23.8. The molecule has 1 aliphatic heterocycles. The molecule has 7 nitrogen and oxygen atoms in total. The predicted molar refractivity (Wildman–Crippen MR) is 92.0 cm³/mol. The lowest BCUT2D eigenvalue weighted by Gasteiger charge is -2.16. The Morgan fingerprint density at radius 1 is 1.32 bits per heavy atom. The van der Waals surface area contributed by atoms with Gasteiger partial charge in [-0.3, -0.25) is 9.59 Å². The highest BCUT2D eigenvalue weighted by Gasteiger charge is 2.30. The lowest BCUT2D eigenvalue weighted by Crippen LogP contribution is -2.42. The van der Waals surface area contributed by atoms with Crippen molar-refractivity contribution in [3.8, 4) is 5.75 Å². The van der Waals surface area contributed by atoms with Crippen molar-refractivity contribution in [3.63, 3.8) is 0 Å². The maximum absolute atomic E-state index is 12.0. The molecule has 1 fully saturated rings. The number of hydrogen-bond donors (Lipinski definition) is 1. The SMILES string of the molecule is Cc1ccccc1OCCC(=O)O[C@@H](C)C(=O)N[C@@H]1CCS(=O)(=O)C1. The van der Waals surface area contributed by atoms with Crippen LogP contribution in [-0.2, 0) is 24.2 Å². The molecule has 2 rings (SSSR count). The highest BCUT2D eigenvalue weighted by molar-refractivity contribution is 7.91. The summed E-state index contributed by atoms with van der Waals surface area (Å²) in [5.74, 6) is -0.333. The molecule has 0 radical (unpaired) electrons. The Morgan fingerprint density at radius 2 is 2.04 bits per heavy atom. The van der Waals surface area contributed by atoms with Gasteiger partial charge in [-0.2, -0.15) is 0 Å². The van der Waals surface area contributed by atoms with E-state index < -0.39 is 33.9 Å². The van der Waals surface area contributed by atoms with Crippen molar-refractivity contribution >= 4 is 21.7 Å². The number of sulfone groups is 1. The van der Waals surface area contributed by atoms with Crippen molar-refractivity contribution in [1.82, 2.24) is 5.32 Å². The van der Waals surface area contributed by atoms with Crippen LogP contribution in [0.15, 0.2) is 24.3 Å². The molecule has 8 heteroatoms. The summed E-state index contributed by atoms with van der Waals surface area (Å²) in [6, 6.07) is 7.04. The van der Waals surface area contributed by atoms with E-state index in [0.717, 1.165) is 5.56 Å². The molecule has 1 heterocycles. The van der Waals surface area contributed by atoms with Crippen molar-refractivity contribution in [3.05, 3.63) is 29.8 Å². The second-order valence-corrected chi connectivity index (χ2v) is 8.33. The molecular formula is C17H23NO6S. The third-order valence-electron chi connectivity index (χ3n) is 3.91. The van der Waals surface area contributed by atoms with Crippen LogP contribution in [0.4, 0.5) is 0 Å².